The maximum Gasteiger partial charge on any atom is 0.248 e. The van der Waals surface area contributed by atoms with Crippen molar-refractivity contribution in [3.63, 3.8) is 0 Å². The summed E-state index contributed by atoms with van der Waals surface area (Å²) >= 11 is 2.87. The number of nitrogens with two attached hydrogens (primary N) is 1. The molecule has 1 heterocycles. The molecule has 0 fully saturated rings. The molecule has 0 aliphatic carbocycles. The Morgan fingerprint density at radius 1 is 1.15 bits per heavy atom. The second kappa shape index (κ2) is 8.70. The molecule has 0 bridgehead atoms. The first-order valence-corrected chi connectivity index (χ1v) is 9.92. The first-order chi connectivity index (χ1) is 13.0. The molecular weight excluding hydrogens is 380 g/mol. The Bertz CT molecular complexity index is 954. The van der Waals surface area contributed by atoms with Crippen molar-refractivity contribution in [1.29, 1.82) is 0 Å². The zero-order valence-electron chi connectivity index (χ0n) is 14.6. The number of thioether (sulfide) groups is 1. The van der Waals surface area contributed by atoms with Crippen LogP contribution >= 0.6 is 23.1 Å². The van der Waals surface area contributed by atoms with E-state index in [0.29, 0.717) is 11.3 Å². The average molecular weight is 399 g/mol. The number of aromatic nitrogens is 1. The molecule has 0 saturated heterocycles. The molecule has 6 nitrogen and oxygen atoms in total. The quantitative estimate of drug-likeness (QED) is 0.522. The Kier molecular flexibility index (Phi) is 6.10. The van der Waals surface area contributed by atoms with E-state index in [1.54, 1.807) is 30.5 Å². The lowest BCUT2D eigenvalue weighted by atomic mass is 10.2. The third-order valence-electron chi connectivity index (χ3n) is 3.67. The van der Waals surface area contributed by atoms with Crippen LogP contribution in [0.1, 0.15) is 15.9 Å². The number of thiazole rings is 1. The van der Waals surface area contributed by atoms with Crippen molar-refractivity contribution in [3.8, 4) is 0 Å². The van der Waals surface area contributed by atoms with Gasteiger partial charge in [0.1, 0.15) is 5.00 Å². The van der Waals surface area contributed by atoms with Gasteiger partial charge in [-0.3, -0.25) is 9.59 Å². The van der Waals surface area contributed by atoms with Crippen molar-refractivity contribution in [2.24, 2.45) is 5.73 Å². The van der Waals surface area contributed by atoms with E-state index in [0.717, 1.165) is 20.6 Å². The van der Waals surface area contributed by atoms with Crippen LogP contribution in [0.25, 0.3) is 0 Å². The Hall–Kier alpha value is -2.84. The number of carbonyl (C=O) groups is 2. The van der Waals surface area contributed by atoms with Crippen molar-refractivity contribution in [2.75, 3.05) is 16.4 Å². The standard InChI is InChI=1S/C19H18N4O2S2/c1-12-4-2-3-5-15(12)23-17-10-21-19(27-17)26-11-16(24)22-14-8-6-13(7-9-14)18(20)25/h2-10,23H,11H2,1H3,(H2,20,25)(H,22,24). The number of nitrogens with one attached hydrogen (secondary N) is 2. The van der Waals surface area contributed by atoms with Gasteiger partial charge < -0.3 is 16.4 Å². The number of benzene rings is 2. The minimum absolute atomic E-state index is 0.143. The number of hydrogen-bond donors (Lipinski definition) is 3. The third kappa shape index (κ3) is 5.32. The molecule has 27 heavy (non-hydrogen) atoms. The van der Waals surface area contributed by atoms with Crippen LogP contribution in [-0.4, -0.2) is 22.6 Å². The minimum atomic E-state index is -0.498. The van der Waals surface area contributed by atoms with E-state index >= 15 is 0 Å². The highest BCUT2D eigenvalue weighted by Crippen LogP contribution is 2.30. The van der Waals surface area contributed by atoms with Gasteiger partial charge >= 0.3 is 0 Å². The highest BCUT2D eigenvalue weighted by molar-refractivity contribution is 8.01. The van der Waals surface area contributed by atoms with Gasteiger partial charge in [0.2, 0.25) is 11.8 Å². The molecule has 0 aliphatic rings. The van der Waals surface area contributed by atoms with Gasteiger partial charge in [-0.2, -0.15) is 0 Å². The normalized spacial score (nSPS) is 10.4. The summed E-state index contributed by atoms with van der Waals surface area (Å²) in [5.41, 5.74) is 8.41. The zero-order chi connectivity index (χ0) is 19.2. The van der Waals surface area contributed by atoms with Gasteiger partial charge in [-0.25, -0.2) is 4.98 Å². The zero-order valence-corrected chi connectivity index (χ0v) is 16.2. The minimum Gasteiger partial charge on any atom is -0.366 e. The molecule has 3 aromatic rings. The van der Waals surface area contributed by atoms with Crippen LogP contribution in [0.15, 0.2) is 59.1 Å². The summed E-state index contributed by atoms with van der Waals surface area (Å²) < 4.78 is 0.810. The largest absolute Gasteiger partial charge is 0.366 e. The third-order valence-corrected chi connectivity index (χ3v) is 5.74. The summed E-state index contributed by atoms with van der Waals surface area (Å²) in [6.45, 7) is 2.04. The molecule has 138 valence electrons. The Morgan fingerprint density at radius 2 is 1.89 bits per heavy atom. The molecule has 8 heteroatoms. The molecule has 0 unspecified atom stereocenters. The lowest BCUT2D eigenvalue weighted by molar-refractivity contribution is -0.113. The van der Waals surface area contributed by atoms with Gasteiger partial charge in [0, 0.05) is 16.9 Å². The SMILES string of the molecule is Cc1ccccc1Nc1cnc(SCC(=O)Nc2ccc(C(N)=O)cc2)s1. The van der Waals surface area contributed by atoms with Crippen LogP contribution in [0.5, 0.6) is 0 Å². The number of anilines is 3. The molecule has 4 N–H and O–H groups in total. The summed E-state index contributed by atoms with van der Waals surface area (Å²) in [5, 5.41) is 7.05. The number of hydrogen-bond acceptors (Lipinski definition) is 6. The number of amides is 2. The van der Waals surface area contributed by atoms with E-state index in [4.69, 9.17) is 5.73 Å². The van der Waals surface area contributed by atoms with Crippen LogP contribution < -0.4 is 16.4 Å². The first-order valence-electron chi connectivity index (χ1n) is 8.12. The van der Waals surface area contributed by atoms with Gasteiger partial charge in [-0.05, 0) is 42.8 Å². The molecular formula is C19H18N4O2S2. The fourth-order valence-electron chi connectivity index (χ4n) is 2.27. The maximum absolute atomic E-state index is 12.1. The molecule has 0 saturated carbocycles. The highest BCUT2D eigenvalue weighted by atomic mass is 32.2. The molecule has 1 aromatic heterocycles. The first kappa shape index (κ1) is 18.9. The van der Waals surface area contributed by atoms with E-state index in [1.807, 2.05) is 31.2 Å². The lowest BCUT2D eigenvalue weighted by Gasteiger charge is -2.06. The maximum atomic E-state index is 12.1. The second-order valence-electron chi connectivity index (χ2n) is 5.71. The van der Waals surface area contributed by atoms with Crippen molar-refractivity contribution < 1.29 is 9.59 Å². The average Bonchev–Trinajstić information content (AvgIpc) is 3.10. The fraction of sp³-hybridized carbons (Fsp3) is 0.105. The van der Waals surface area contributed by atoms with Crippen molar-refractivity contribution in [3.05, 3.63) is 65.9 Å². The lowest BCUT2D eigenvalue weighted by Crippen LogP contribution is -2.14. The van der Waals surface area contributed by atoms with Crippen molar-refractivity contribution in [2.45, 2.75) is 11.3 Å². The van der Waals surface area contributed by atoms with Crippen LogP contribution in [0.2, 0.25) is 0 Å². The van der Waals surface area contributed by atoms with E-state index in [1.165, 1.54) is 23.1 Å². The summed E-state index contributed by atoms with van der Waals surface area (Å²) in [6.07, 6.45) is 1.76. The number of rotatable bonds is 7. The van der Waals surface area contributed by atoms with Gasteiger partial charge in [0.25, 0.3) is 0 Å². The predicted octanol–water partition coefficient (Wildman–Crippen LogP) is 4.02. The van der Waals surface area contributed by atoms with Crippen molar-refractivity contribution in [1.82, 2.24) is 4.98 Å². The van der Waals surface area contributed by atoms with Crippen LogP contribution in [0.3, 0.4) is 0 Å². The number of aryl methyl sites for hydroxylation is 1. The topological polar surface area (TPSA) is 97.1 Å². The van der Waals surface area contributed by atoms with E-state index in [2.05, 4.69) is 15.6 Å². The number of nitrogens with zero attached hydrogens (tertiary/aromatic N) is 1. The number of para-hydroxylation sites is 1. The molecule has 0 atom stereocenters. The Balaban J connectivity index is 1.51. The van der Waals surface area contributed by atoms with Crippen molar-refractivity contribution >= 4 is 51.3 Å². The summed E-state index contributed by atoms with van der Waals surface area (Å²) in [4.78, 5) is 27.5. The van der Waals surface area contributed by atoms with Gasteiger partial charge in [-0.15, -0.1) is 0 Å². The van der Waals surface area contributed by atoms with E-state index in [9.17, 15) is 9.59 Å². The number of carbonyl (C=O) groups excluding carboxylic acids is 2. The van der Waals surface area contributed by atoms with E-state index in [-0.39, 0.29) is 11.7 Å². The monoisotopic (exact) mass is 398 g/mol. The van der Waals surface area contributed by atoms with Crippen LogP contribution in [0, 0.1) is 6.92 Å². The summed E-state index contributed by atoms with van der Waals surface area (Å²) in [6, 6.07) is 14.5. The molecule has 3 rings (SSSR count). The van der Waals surface area contributed by atoms with Gasteiger partial charge in [0.05, 0.1) is 11.9 Å². The smallest absolute Gasteiger partial charge is 0.248 e. The summed E-state index contributed by atoms with van der Waals surface area (Å²) in [7, 11) is 0. The Morgan fingerprint density at radius 3 is 2.59 bits per heavy atom. The van der Waals surface area contributed by atoms with E-state index < -0.39 is 5.91 Å². The predicted molar refractivity (Wildman–Crippen MR) is 111 cm³/mol. The molecule has 0 radical (unpaired) electrons. The molecule has 0 spiro atoms. The Labute approximate surface area is 165 Å². The number of primary amides is 1. The van der Waals surface area contributed by atoms with Gasteiger partial charge in [-0.1, -0.05) is 41.3 Å². The molecule has 0 aliphatic heterocycles. The molecule has 2 aromatic carbocycles. The highest BCUT2D eigenvalue weighted by Gasteiger charge is 2.09. The summed E-state index contributed by atoms with van der Waals surface area (Å²) in [5.74, 6) is -0.396. The van der Waals surface area contributed by atoms with Crippen LogP contribution in [0.4, 0.5) is 16.4 Å². The molecule has 2 amide bonds. The van der Waals surface area contributed by atoms with Crippen LogP contribution in [-0.2, 0) is 4.79 Å². The fourth-order valence-corrected chi connectivity index (χ4v) is 3.97. The second-order valence-corrected chi connectivity index (χ2v) is 7.96. The van der Waals surface area contributed by atoms with Gasteiger partial charge in [0.15, 0.2) is 4.34 Å².